The first-order valence-electron chi connectivity index (χ1n) is 13.7. The van der Waals surface area contributed by atoms with Gasteiger partial charge in [-0.05, 0) is 20.8 Å². The third kappa shape index (κ3) is 15.0. The molecule has 0 aliphatic heterocycles. The summed E-state index contributed by atoms with van der Waals surface area (Å²) in [7, 11) is 0. The fraction of sp³-hybridized carbons (Fsp3) is 0.760. The van der Waals surface area contributed by atoms with Crippen molar-refractivity contribution in [2.75, 3.05) is 37.1 Å². The summed E-state index contributed by atoms with van der Waals surface area (Å²) in [5.41, 5.74) is -1.95. The minimum absolute atomic E-state index is 0.0715. The van der Waals surface area contributed by atoms with E-state index in [1.807, 2.05) is 0 Å². The summed E-state index contributed by atoms with van der Waals surface area (Å²) in [6, 6.07) is -3.25. The summed E-state index contributed by atoms with van der Waals surface area (Å²) in [5, 5.41) is 19.7. The van der Waals surface area contributed by atoms with Gasteiger partial charge in [0.25, 0.3) is 0 Å². The van der Waals surface area contributed by atoms with Crippen molar-refractivity contribution in [3.8, 4) is 0 Å². The molecule has 3 N–H and O–H groups in total. The van der Waals surface area contributed by atoms with Gasteiger partial charge >= 0.3 is 17.9 Å². The quantitative estimate of drug-likeness (QED) is 0.0303. The van der Waals surface area contributed by atoms with Gasteiger partial charge in [-0.25, -0.2) is 14.4 Å². The maximum atomic E-state index is 12.7. The zero-order valence-corrected chi connectivity index (χ0v) is 27.2. The second-order valence-corrected chi connectivity index (χ2v) is 10.2. The van der Waals surface area contributed by atoms with Crippen LogP contribution in [0.2, 0.25) is 0 Å². The van der Waals surface area contributed by atoms with Gasteiger partial charge in [-0.3, -0.25) is 24.5 Å². The van der Waals surface area contributed by atoms with Crippen LogP contribution in [0.4, 0.5) is 0 Å². The third-order valence-corrected chi connectivity index (χ3v) is 7.20. The van der Waals surface area contributed by atoms with E-state index in [1.165, 1.54) is 0 Å². The predicted octanol–water partition coefficient (Wildman–Crippen LogP) is 0.276. The molecule has 246 valence electrons. The molecule has 3 amide bonds. The minimum Gasteiger partial charge on any atom is -0.464 e. The van der Waals surface area contributed by atoms with Crippen LogP contribution in [0.1, 0.15) is 59.3 Å². The molecule has 0 heterocycles. The van der Waals surface area contributed by atoms with Crippen molar-refractivity contribution in [1.82, 2.24) is 16.0 Å². The van der Waals surface area contributed by atoms with Crippen molar-refractivity contribution in [2.24, 2.45) is 0 Å². The maximum absolute atomic E-state index is 12.7. The van der Waals surface area contributed by atoms with Crippen molar-refractivity contribution >= 4 is 73.5 Å². The van der Waals surface area contributed by atoms with Gasteiger partial charge in [0.15, 0.2) is 0 Å². The summed E-state index contributed by atoms with van der Waals surface area (Å²) in [4.78, 5) is 85.8. The number of nitrogens with zero attached hydrogens (tertiary/aromatic N) is 1. The number of nitro groups is 1. The number of amides is 3. The van der Waals surface area contributed by atoms with Crippen LogP contribution < -0.4 is 16.0 Å². The van der Waals surface area contributed by atoms with Crippen molar-refractivity contribution in [1.29, 1.82) is 0 Å². The van der Waals surface area contributed by atoms with E-state index >= 15 is 0 Å². The highest BCUT2D eigenvalue weighted by atomic mass is 32.1. The molecule has 0 fully saturated rings. The lowest BCUT2D eigenvalue weighted by Crippen LogP contribution is -2.47. The van der Waals surface area contributed by atoms with Crippen molar-refractivity contribution in [3.05, 3.63) is 10.1 Å². The van der Waals surface area contributed by atoms with E-state index in [0.717, 1.165) is 0 Å². The molecular formula is C25H42N4O11S3. The molecule has 0 aromatic heterocycles. The van der Waals surface area contributed by atoms with Crippen LogP contribution in [0.25, 0.3) is 0 Å². The van der Waals surface area contributed by atoms with Crippen molar-refractivity contribution in [2.45, 2.75) is 83.0 Å². The zero-order valence-electron chi connectivity index (χ0n) is 24.5. The number of nitrogens with one attached hydrogen (secondary N) is 3. The van der Waals surface area contributed by atoms with Gasteiger partial charge < -0.3 is 30.2 Å². The Kier molecular flexibility index (Phi) is 20.5. The Bertz CT molecular complexity index is 863. The van der Waals surface area contributed by atoms with E-state index in [1.54, 1.807) is 20.8 Å². The van der Waals surface area contributed by atoms with E-state index in [-0.39, 0.29) is 37.1 Å². The Morgan fingerprint density at radius 3 is 1.07 bits per heavy atom. The van der Waals surface area contributed by atoms with Gasteiger partial charge in [-0.2, -0.15) is 37.9 Å². The van der Waals surface area contributed by atoms with Crippen molar-refractivity contribution < 1.29 is 47.9 Å². The SMILES string of the molecule is CCOC(=O)C(CS)NC(=O)CCC(CCC(=O)NC(CS)C(=O)OCC)(CCC(=O)NC(CS)C(=O)OCC)[N+](=O)[O-]. The standard InChI is InChI=1S/C25H42N4O11S3/c1-4-38-22(33)16(13-41)26-19(30)7-10-25(29(36)37,11-8-20(31)27-17(14-42)23(34)39-5-2)12-9-21(32)28-18(15-43)24(35)40-6-3/h16-18,41-43H,4-15H2,1-3H3,(H,26,30)(H,27,31)(H,28,32). The summed E-state index contributed by atoms with van der Waals surface area (Å²) in [6.07, 6.45) is -2.52. The molecule has 43 heavy (non-hydrogen) atoms. The monoisotopic (exact) mass is 670 g/mol. The Morgan fingerprint density at radius 1 is 0.628 bits per heavy atom. The zero-order chi connectivity index (χ0) is 33.0. The third-order valence-electron chi connectivity index (χ3n) is 6.11. The minimum atomic E-state index is -1.95. The van der Waals surface area contributed by atoms with Gasteiger partial charge in [-0.1, -0.05) is 0 Å². The molecule has 3 atom stereocenters. The molecular weight excluding hydrogens is 628 g/mol. The average Bonchev–Trinajstić information content (AvgIpc) is 2.97. The summed E-state index contributed by atoms with van der Waals surface area (Å²) < 4.78 is 14.6. The maximum Gasteiger partial charge on any atom is 0.329 e. The highest BCUT2D eigenvalue weighted by Crippen LogP contribution is 2.29. The average molecular weight is 671 g/mol. The number of thiol groups is 3. The first kappa shape index (κ1) is 40.3. The smallest absolute Gasteiger partial charge is 0.329 e. The molecule has 15 nitrogen and oxygen atoms in total. The van der Waals surface area contributed by atoms with Crippen LogP contribution in [0.5, 0.6) is 0 Å². The number of carbonyl (C=O) groups excluding carboxylic acids is 6. The fourth-order valence-corrected chi connectivity index (χ4v) is 4.47. The number of ether oxygens (including phenoxy) is 3. The molecule has 0 aliphatic rings. The second kappa shape index (κ2) is 21.9. The van der Waals surface area contributed by atoms with Gasteiger partial charge in [-0.15, -0.1) is 0 Å². The second-order valence-electron chi connectivity index (χ2n) is 9.15. The Hall–Kier alpha value is -2.73. The summed E-state index contributed by atoms with van der Waals surface area (Å²) in [5.74, 6) is -4.52. The van der Waals surface area contributed by atoms with Gasteiger partial charge in [0.1, 0.15) is 18.1 Å². The van der Waals surface area contributed by atoms with Gasteiger partial charge in [0.05, 0.1) is 19.8 Å². The molecule has 18 heteroatoms. The van der Waals surface area contributed by atoms with E-state index in [4.69, 9.17) is 14.2 Å². The molecule has 0 saturated carbocycles. The molecule has 0 saturated heterocycles. The van der Waals surface area contributed by atoms with Crippen LogP contribution >= 0.6 is 37.9 Å². The van der Waals surface area contributed by atoms with Crippen LogP contribution in [0.15, 0.2) is 0 Å². The predicted molar refractivity (Wildman–Crippen MR) is 165 cm³/mol. The topological polar surface area (TPSA) is 209 Å². The number of rotatable bonds is 22. The summed E-state index contributed by atoms with van der Waals surface area (Å²) >= 11 is 12.1. The fourth-order valence-electron chi connectivity index (χ4n) is 3.75. The van der Waals surface area contributed by atoms with E-state index in [9.17, 15) is 38.9 Å². The number of carbonyl (C=O) groups is 6. The van der Waals surface area contributed by atoms with E-state index < -0.39 is 103 Å². The van der Waals surface area contributed by atoms with Crippen LogP contribution in [-0.4, -0.2) is 101 Å². The molecule has 3 unspecified atom stereocenters. The molecule has 0 aliphatic carbocycles. The number of hydrogen-bond acceptors (Lipinski definition) is 14. The molecule has 0 spiro atoms. The van der Waals surface area contributed by atoms with Crippen LogP contribution in [0.3, 0.4) is 0 Å². The molecule has 0 bridgehead atoms. The van der Waals surface area contributed by atoms with Crippen LogP contribution in [-0.2, 0) is 43.0 Å². The normalized spacial score (nSPS) is 14.2. The number of esters is 3. The summed E-state index contributed by atoms with van der Waals surface area (Å²) in [6.45, 7) is 4.97. The lowest BCUT2D eigenvalue weighted by molar-refractivity contribution is -0.573. The molecule has 0 aromatic carbocycles. The van der Waals surface area contributed by atoms with Gasteiger partial charge in [0, 0.05) is 60.7 Å². The van der Waals surface area contributed by atoms with Crippen molar-refractivity contribution in [3.63, 3.8) is 0 Å². The first-order valence-corrected chi connectivity index (χ1v) is 15.6. The van der Waals surface area contributed by atoms with E-state index in [2.05, 4.69) is 53.8 Å². The lowest BCUT2D eigenvalue weighted by Gasteiger charge is -2.26. The van der Waals surface area contributed by atoms with E-state index in [0.29, 0.717) is 0 Å². The molecule has 0 radical (unpaired) electrons. The van der Waals surface area contributed by atoms with Gasteiger partial charge in [0.2, 0.25) is 23.3 Å². The highest BCUT2D eigenvalue weighted by molar-refractivity contribution is 7.80. The Morgan fingerprint density at radius 2 is 0.884 bits per heavy atom. The largest absolute Gasteiger partial charge is 0.464 e. The first-order chi connectivity index (χ1) is 20.3. The Balaban J connectivity index is 5.82. The molecule has 0 rings (SSSR count). The Labute approximate surface area is 267 Å². The lowest BCUT2D eigenvalue weighted by atomic mass is 9.83. The van der Waals surface area contributed by atoms with Crippen LogP contribution in [0, 0.1) is 10.1 Å². The number of hydrogen-bond donors (Lipinski definition) is 6. The molecule has 0 aromatic rings. The highest BCUT2D eigenvalue weighted by Gasteiger charge is 2.44.